The first-order valence-corrected chi connectivity index (χ1v) is 10.9. The van der Waals surface area contributed by atoms with Crippen LogP contribution in [0.4, 0.5) is 5.69 Å². The average Bonchev–Trinajstić information content (AvgIpc) is 3.35. The van der Waals surface area contributed by atoms with Crippen LogP contribution in [0.5, 0.6) is 0 Å². The van der Waals surface area contributed by atoms with Gasteiger partial charge in [-0.1, -0.05) is 45.9 Å². The molecule has 4 aromatic rings. The highest BCUT2D eigenvalue weighted by atomic mass is 79.9. The van der Waals surface area contributed by atoms with Crippen LogP contribution in [0.1, 0.15) is 10.4 Å². The molecule has 2 aromatic heterocycles. The molecular formula is C21H15BrN4O4S. The van der Waals surface area contributed by atoms with E-state index in [0.717, 1.165) is 15.4 Å². The molecule has 2 heterocycles. The number of rotatable bonds is 8. The molecule has 0 aliphatic heterocycles. The van der Waals surface area contributed by atoms with Gasteiger partial charge in [-0.2, -0.15) is 0 Å². The summed E-state index contributed by atoms with van der Waals surface area (Å²) in [7, 11) is 0. The maximum absolute atomic E-state index is 12.5. The number of ketones is 1. The summed E-state index contributed by atoms with van der Waals surface area (Å²) in [5, 5.41) is 20.8. The Morgan fingerprint density at radius 3 is 2.87 bits per heavy atom. The lowest BCUT2D eigenvalue weighted by Gasteiger charge is -2.06. The second kappa shape index (κ2) is 8.86. The molecule has 10 heteroatoms. The first-order chi connectivity index (χ1) is 15.0. The number of benzene rings is 2. The number of carbonyl (C=O) groups excluding carboxylic acids is 1. The average molecular weight is 499 g/mol. The van der Waals surface area contributed by atoms with E-state index in [0.29, 0.717) is 23.3 Å². The molecule has 0 aliphatic carbocycles. The summed E-state index contributed by atoms with van der Waals surface area (Å²) < 4.78 is 8.67. The minimum atomic E-state index is -0.525. The topological polar surface area (TPSA) is 104 Å². The Bertz CT molecular complexity index is 1310. The van der Waals surface area contributed by atoms with E-state index in [1.54, 1.807) is 12.1 Å². The Kier molecular flexibility index (Phi) is 6.01. The molecule has 0 amide bonds. The zero-order chi connectivity index (χ0) is 22.0. The van der Waals surface area contributed by atoms with Crippen molar-refractivity contribution >= 4 is 50.1 Å². The van der Waals surface area contributed by atoms with Crippen LogP contribution in [0.2, 0.25) is 0 Å². The van der Waals surface area contributed by atoms with E-state index in [-0.39, 0.29) is 22.8 Å². The van der Waals surface area contributed by atoms with E-state index in [2.05, 4.69) is 32.7 Å². The number of carbonyl (C=O) groups is 1. The van der Waals surface area contributed by atoms with E-state index in [1.165, 1.54) is 30.0 Å². The lowest BCUT2D eigenvalue weighted by atomic mass is 10.1. The number of fused-ring (bicyclic) bond motifs is 1. The van der Waals surface area contributed by atoms with Crippen molar-refractivity contribution in [3.63, 3.8) is 0 Å². The van der Waals surface area contributed by atoms with Gasteiger partial charge >= 0.3 is 0 Å². The second-order valence-corrected chi connectivity index (χ2v) is 8.38. The van der Waals surface area contributed by atoms with Crippen molar-refractivity contribution in [3.05, 3.63) is 81.3 Å². The van der Waals surface area contributed by atoms with Crippen LogP contribution in [0.25, 0.3) is 22.6 Å². The Morgan fingerprint density at radius 1 is 1.26 bits per heavy atom. The van der Waals surface area contributed by atoms with Gasteiger partial charge in [0.05, 0.1) is 10.7 Å². The van der Waals surface area contributed by atoms with Gasteiger partial charge in [0.2, 0.25) is 5.82 Å². The van der Waals surface area contributed by atoms with Crippen molar-refractivity contribution in [1.29, 1.82) is 0 Å². The molecule has 0 fully saturated rings. The number of aromatic nitrogens is 3. The third kappa shape index (κ3) is 4.44. The quantitative estimate of drug-likeness (QED) is 0.103. The van der Waals surface area contributed by atoms with Crippen molar-refractivity contribution in [2.24, 2.45) is 0 Å². The predicted octanol–water partition coefficient (Wildman–Crippen LogP) is 5.52. The summed E-state index contributed by atoms with van der Waals surface area (Å²) in [5.74, 6) is 0.901. The molecule has 2 aromatic carbocycles. The van der Waals surface area contributed by atoms with Crippen molar-refractivity contribution in [2.75, 3.05) is 5.75 Å². The van der Waals surface area contributed by atoms with Gasteiger partial charge in [-0.3, -0.25) is 19.5 Å². The molecule has 0 radical (unpaired) electrons. The Labute approximate surface area is 189 Å². The number of halogens is 1. The van der Waals surface area contributed by atoms with E-state index >= 15 is 0 Å². The summed E-state index contributed by atoms with van der Waals surface area (Å²) in [5.41, 5.74) is 0.880. The molecule has 0 N–H and O–H groups in total. The second-order valence-electron chi connectivity index (χ2n) is 6.52. The van der Waals surface area contributed by atoms with Gasteiger partial charge in [-0.15, -0.1) is 16.8 Å². The number of furan rings is 1. The van der Waals surface area contributed by atoms with Gasteiger partial charge < -0.3 is 4.42 Å². The van der Waals surface area contributed by atoms with Gasteiger partial charge in [0.1, 0.15) is 5.58 Å². The van der Waals surface area contributed by atoms with Gasteiger partial charge in [-0.25, -0.2) is 0 Å². The number of nitrogens with zero attached hydrogens (tertiary/aromatic N) is 4. The highest BCUT2D eigenvalue weighted by Crippen LogP contribution is 2.31. The smallest absolute Gasteiger partial charge is 0.270 e. The van der Waals surface area contributed by atoms with Crippen LogP contribution >= 0.6 is 27.7 Å². The minimum absolute atomic E-state index is 0.0590. The summed E-state index contributed by atoms with van der Waals surface area (Å²) in [6.07, 6.45) is 1.71. The molecule has 8 nitrogen and oxygen atoms in total. The van der Waals surface area contributed by atoms with Gasteiger partial charge in [0.25, 0.3) is 5.69 Å². The van der Waals surface area contributed by atoms with Crippen LogP contribution in [0, 0.1) is 10.1 Å². The van der Waals surface area contributed by atoms with Crippen LogP contribution in [-0.4, -0.2) is 31.2 Å². The number of nitro benzene ring substituents is 1. The molecule has 0 aliphatic rings. The Balaban J connectivity index is 1.58. The zero-order valence-electron chi connectivity index (χ0n) is 16.0. The summed E-state index contributed by atoms with van der Waals surface area (Å²) in [4.78, 5) is 23.0. The molecule has 0 bridgehead atoms. The third-order valence-corrected chi connectivity index (χ3v) is 5.90. The zero-order valence-corrected chi connectivity index (χ0v) is 18.4. The summed E-state index contributed by atoms with van der Waals surface area (Å²) in [6, 6.07) is 13.3. The van der Waals surface area contributed by atoms with Gasteiger partial charge in [0.15, 0.2) is 16.7 Å². The molecule has 31 heavy (non-hydrogen) atoms. The first-order valence-electron chi connectivity index (χ1n) is 9.10. The van der Waals surface area contributed by atoms with Crippen molar-refractivity contribution < 1.29 is 14.1 Å². The number of allylic oxidation sites excluding steroid dienone is 1. The normalized spacial score (nSPS) is 11.0. The number of hydrogen-bond acceptors (Lipinski definition) is 7. The van der Waals surface area contributed by atoms with Gasteiger partial charge in [-0.05, 0) is 24.3 Å². The number of nitro groups is 1. The van der Waals surface area contributed by atoms with E-state index in [9.17, 15) is 14.9 Å². The molecule has 156 valence electrons. The number of hydrogen-bond donors (Lipinski definition) is 0. The largest absolute Gasteiger partial charge is 0.453 e. The highest BCUT2D eigenvalue weighted by molar-refractivity contribution is 9.10. The molecule has 0 unspecified atom stereocenters. The molecule has 0 saturated carbocycles. The van der Waals surface area contributed by atoms with E-state index in [4.69, 9.17) is 4.42 Å². The monoisotopic (exact) mass is 498 g/mol. The Hall–Kier alpha value is -3.24. The summed E-state index contributed by atoms with van der Waals surface area (Å²) in [6.45, 7) is 4.21. The van der Waals surface area contributed by atoms with E-state index in [1.807, 2.05) is 28.8 Å². The highest BCUT2D eigenvalue weighted by Gasteiger charge is 2.19. The lowest BCUT2D eigenvalue weighted by molar-refractivity contribution is -0.384. The maximum atomic E-state index is 12.5. The van der Waals surface area contributed by atoms with Crippen molar-refractivity contribution in [2.45, 2.75) is 11.7 Å². The fourth-order valence-corrected chi connectivity index (χ4v) is 4.22. The molecule has 0 spiro atoms. The fourth-order valence-electron chi connectivity index (χ4n) is 3.00. The maximum Gasteiger partial charge on any atom is 0.270 e. The van der Waals surface area contributed by atoms with Crippen LogP contribution in [-0.2, 0) is 6.54 Å². The molecular weight excluding hydrogens is 484 g/mol. The number of thioether (sulfide) groups is 1. The van der Waals surface area contributed by atoms with Crippen molar-refractivity contribution in [1.82, 2.24) is 14.8 Å². The molecule has 0 atom stereocenters. The number of non-ortho nitro benzene ring substituents is 1. The number of Topliss-reactive ketones (excluding diaryl/α,β-unsaturated/α-hetero) is 1. The fraction of sp³-hybridized carbons (Fsp3) is 0.0952. The van der Waals surface area contributed by atoms with E-state index < -0.39 is 4.92 Å². The lowest BCUT2D eigenvalue weighted by Crippen LogP contribution is -2.06. The van der Waals surface area contributed by atoms with Crippen LogP contribution < -0.4 is 0 Å². The van der Waals surface area contributed by atoms with Crippen molar-refractivity contribution in [3.8, 4) is 11.6 Å². The standard InChI is InChI=1S/C21H15BrN4O4S/c1-2-8-25-20(19-11-14-9-15(22)6-7-18(14)30-19)23-24-21(25)31-12-17(27)13-4-3-5-16(10-13)26(28)29/h2-7,9-11H,1,8,12H2. The third-order valence-electron chi connectivity index (χ3n) is 4.44. The Morgan fingerprint density at radius 2 is 2.10 bits per heavy atom. The summed E-state index contributed by atoms with van der Waals surface area (Å²) >= 11 is 4.65. The molecule has 4 rings (SSSR count). The first kappa shape index (κ1) is 21.0. The molecule has 0 saturated heterocycles. The van der Waals surface area contributed by atoms with Gasteiger partial charge in [0, 0.05) is 34.1 Å². The minimum Gasteiger partial charge on any atom is -0.453 e. The predicted molar refractivity (Wildman–Crippen MR) is 121 cm³/mol. The van der Waals surface area contributed by atoms with Crippen LogP contribution in [0.15, 0.2) is 75.2 Å². The SMILES string of the molecule is C=CCn1c(SCC(=O)c2cccc([N+](=O)[O-])c2)nnc1-c1cc2cc(Br)ccc2o1. The van der Waals surface area contributed by atoms with Crippen LogP contribution in [0.3, 0.4) is 0 Å².